The monoisotopic (exact) mass is 368 g/mol. The summed E-state index contributed by atoms with van der Waals surface area (Å²) in [5, 5.41) is 0.792. The lowest BCUT2D eigenvalue weighted by molar-refractivity contribution is 0.0996. The molecule has 4 nitrogen and oxygen atoms in total. The Hall–Kier alpha value is -3.66. The summed E-state index contributed by atoms with van der Waals surface area (Å²) < 4.78 is 6.06. The van der Waals surface area contributed by atoms with Crippen LogP contribution in [0.1, 0.15) is 27.0 Å². The second-order valence-corrected chi connectivity index (χ2v) is 6.65. The van der Waals surface area contributed by atoms with E-state index in [0.29, 0.717) is 17.9 Å². The lowest BCUT2D eigenvalue weighted by atomic mass is 10.0. The summed E-state index contributed by atoms with van der Waals surface area (Å²) in [5.41, 5.74) is 9.99. The number of aromatic nitrogens is 1. The van der Waals surface area contributed by atoms with Gasteiger partial charge in [-0.25, -0.2) is 0 Å². The number of ether oxygens (including phenoxy) is 1. The van der Waals surface area contributed by atoms with Crippen molar-refractivity contribution in [3.05, 3.63) is 107 Å². The third-order valence-electron chi connectivity index (χ3n) is 4.63. The second-order valence-electron chi connectivity index (χ2n) is 6.65. The molecule has 28 heavy (non-hydrogen) atoms. The van der Waals surface area contributed by atoms with Crippen LogP contribution in [0.2, 0.25) is 0 Å². The number of fused-ring (bicyclic) bond motifs is 1. The van der Waals surface area contributed by atoms with Crippen LogP contribution < -0.4 is 10.5 Å². The summed E-state index contributed by atoms with van der Waals surface area (Å²) in [6.45, 7) is 0.350. The molecule has 0 radical (unpaired) electrons. The minimum Gasteiger partial charge on any atom is -0.487 e. The molecule has 3 aromatic carbocycles. The van der Waals surface area contributed by atoms with Crippen molar-refractivity contribution in [2.45, 2.75) is 13.0 Å². The van der Waals surface area contributed by atoms with E-state index in [-0.39, 0.29) is 0 Å². The Labute approximate surface area is 163 Å². The van der Waals surface area contributed by atoms with E-state index in [4.69, 9.17) is 10.5 Å². The molecule has 0 bridgehead atoms. The van der Waals surface area contributed by atoms with E-state index >= 15 is 0 Å². The zero-order valence-corrected chi connectivity index (χ0v) is 15.3. The fourth-order valence-electron chi connectivity index (χ4n) is 3.22. The Balaban J connectivity index is 1.74. The molecular formula is C24H20N2O2. The molecule has 4 heteroatoms. The van der Waals surface area contributed by atoms with E-state index in [1.54, 1.807) is 0 Å². The lowest BCUT2D eigenvalue weighted by Gasteiger charge is -2.13. The van der Waals surface area contributed by atoms with Gasteiger partial charge in [0, 0.05) is 11.6 Å². The number of amides is 1. The molecule has 0 fully saturated rings. The van der Waals surface area contributed by atoms with E-state index in [0.717, 1.165) is 28.5 Å². The average molecular weight is 368 g/mol. The van der Waals surface area contributed by atoms with Crippen molar-refractivity contribution in [1.29, 1.82) is 0 Å². The Kier molecular flexibility index (Phi) is 5.02. The van der Waals surface area contributed by atoms with Gasteiger partial charge in [-0.15, -0.1) is 0 Å². The molecule has 1 heterocycles. The van der Waals surface area contributed by atoms with Gasteiger partial charge in [0.15, 0.2) is 0 Å². The van der Waals surface area contributed by atoms with Crippen LogP contribution in [0.3, 0.4) is 0 Å². The smallest absolute Gasteiger partial charge is 0.254 e. The van der Waals surface area contributed by atoms with Crippen LogP contribution in [0.25, 0.3) is 10.9 Å². The molecule has 0 saturated carbocycles. The van der Waals surface area contributed by atoms with Gasteiger partial charge in [0.05, 0.1) is 5.52 Å². The van der Waals surface area contributed by atoms with Crippen LogP contribution in [0.5, 0.6) is 5.75 Å². The first-order valence-electron chi connectivity index (χ1n) is 9.13. The average Bonchev–Trinajstić information content (AvgIpc) is 2.73. The van der Waals surface area contributed by atoms with Gasteiger partial charge in [0.1, 0.15) is 17.9 Å². The summed E-state index contributed by atoms with van der Waals surface area (Å²) in [7, 11) is 0. The zero-order valence-electron chi connectivity index (χ0n) is 15.3. The first-order valence-corrected chi connectivity index (χ1v) is 9.13. The highest BCUT2D eigenvalue weighted by Gasteiger charge is 2.15. The van der Waals surface area contributed by atoms with Crippen LogP contribution in [0.15, 0.2) is 85.1 Å². The number of carbonyl (C=O) groups is 1. The number of rotatable bonds is 6. The van der Waals surface area contributed by atoms with Gasteiger partial charge in [-0.05, 0) is 35.2 Å². The van der Waals surface area contributed by atoms with Gasteiger partial charge < -0.3 is 10.5 Å². The number of nitrogens with zero attached hydrogens (tertiary/aromatic N) is 1. The summed E-state index contributed by atoms with van der Waals surface area (Å²) in [5.74, 6) is -0.0674. The number of carbonyl (C=O) groups excluding carboxylic acids is 1. The molecule has 0 unspecified atom stereocenters. The number of primary amides is 1. The van der Waals surface area contributed by atoms with Crippen LogP contribution in [-0.2, 0) is 13.0 Å². The van der Waals surface area contributed by atoms with Crippen LogP contribution in [0, 0.1) is 0 Å². The standard InChI is InChI=1S/C24H20N2O2/c25-24(27)21-15-26-22-12-11-19(13-17-7-3-1-4-8-17)14-20(22)23(21)28-16-18-9-5-2-6-10-18/h1-12,14-15H,13,16H2,(H2,25,27). The molecule has 4 aromatic rings. The molecule has 1 amide bonds. The Morgan fingerprint density at radius 3 is 2.21 bits per heavy atom. The summed E-state index contributed by atoms with van der Waals surface area (Å²) in [4.78, 5) is 16.3. The summed E-state index contributed by atoms with van der Waals surface area (Å²) in [6.07, 6.45) is 2.28. The SMILES string of the molecule is NC(=O)c1cnc2ccc(Cc3ccccc3)cc2c1OCc1ccccc1. The van der Waals surface area contributed by atoms with E-state index in [1.165, 1.54) is 11.8 Å². The predicted octanol–water partition coefficient (Wildman–Crippen LogP) is 4.50. The van der Waals surface area contributed by atoms with Crippen molar-refractivity contribution >= 4 is 16.8 Å². The Morgan fingerprint density at radius 2 is 1.54 bits per heavy atom. The molecule has 0 atom stereocenters. The third-order valence-corrected chi connectivity index (χ3v) is 4.63. The van der Waals surface area contributed by atoms with Gasteiger partial charge in [-0.2, -0.15) is 0 Å². The van der Waals surface area contributed by atoms with E-state index in [1.807, 2.05) is 66.7 Å². The van der Waals surface area contributed by atoms with Gasteiger partial charge in [0.2, 0.25) is 0 Å². The number of benzene rings is 3. The van der Waals surface area contributed by atoms with Gasteiger partial charge in [0.25, 0.3) is 5.91 Å². The molecular weight excluding hydrogens is 348 g/mol. The first kappa shape index (κ1) is 17.7. The van der Waals surface area contributed by atoms with Gasteiger partial charge >= 0.3 is 0 Å². The maximum absolute atomic E-state index is 12.0. The molecule has 0 aliphatic carbocycles. The molecule has 138 valence electrons. The van der Waals surface area contributed by atoms with Crippen molar-refractivity contribution in [1.82, 2.24) is 4.98 Å². The number of nitrogens with two attached hydrogens (primary N) is 1. The molecule has 4 rings (SSSR count). The second kappa shape index (κ2) is 7.92. The van der Waals surface area contributed by atoms with Gasteiger partial charge in [-0.3, -0.25) is 9.78 Å². The molecule has 1 aromatic heterocycles. The molecule has 0 spiro atoms. The lowest BCUT2D eigenvalue weighted by Crippen LogP contribution is -2.14. The molecule has 0 saturated heterocycles. The minimum atomic E-state index is -0.550. The Morgan fingerprint density at radius 1 is 0.857 bits per heavy atom. The molecule has 0 aliphatic heterocycles. The van der Waals surface area contributed by atoms with E-state index < -0.39 is 5.91 Å². The van der Waals surface area contributed by atoms with Crippen molar-refractivity contribution in [2.24, 2.45) is 5.73 Å². The highest BCUT2D eigenvalue weighted by atomic mass is 16.5. The fraction of sp³-hybridized carbons (Fsp3) is 0.0833. The predicted molar refractivity (Wildman–Crippen MR) is 110 cm³/mol. The number of hydrogen-bond donors (Lipinski definition) is 1. The normalized spacial score (nSPS) is 10.7. The van der Waals surface area contributed by atoms with Crippen molar-refractivity contribution in [3.8, 4) is 5.75 Å². The van der Waals surface area contributed by atoms with Gasteiger partial charge in [-0.1, -0.05) is 66.7 Å². The first-order chi connectivity index (χ1) is 13.7. The fourth-order valence-corrected chi connectivity index (χ4v) is 3.22. The maximum atomic E-state index is 12.0. The van der Waals surface area contributed by atoms with Crippen LogP contribution in [0.4, 0.5) is 0 Å². The van der Waals surface area contributed by atoms with Crippen molar-refractivity contribution in [2.75, 3.05) is 0 Å². The highest BCUT2D eigenvalue weighted by Crippen LogP contribution is 2.30. The summed E-state index contributed by atoms with van der Waals surface area (Å²) in [6, 6.07) is 26.1. The van der Waals surface area contributed by atoms with Crippen molar-refractivity contribution in [3.63, 3.8) is 0 Å². The highest BCUT2D eigenvalue weighted by molar-refractivity contribution is 6.01. The number of pyridine rings is 1. The number of hydrogen-bond acceptors (Lipinski definition) is 3. The van der Waals surface area contributed by atoms with E-state index in [2.05, 4.69) is 17.1 Å². The largest absolute Gasteiger partial charge is 0.487 e. The zero-order chi connectivity index (χ0) is 19.3. The van der Waals surface area contributed by atoms with Crippen LogP contribution >= 0.6 is 0 Å². The van der Waals surface area contributed by atoms with E-state index in [9.17, 15) is 4.79 Å². The summed E-state index contributed by atoms with van der Waals surface area (Å²) >= 11 is 0. The van der Waals surface area contributed by atoms with Crippen LogP contribution in [-0.4, -0.2) is 10.9 Å². The topological polar surface area (TPSA) is 65.2 Å². The third kappa shape index (κ3) is 3.86. The quantitative estimate of drug-likeness (QED) is 0.545. The molecule has 0 aliphatic rings. The molecule has 2 N–H and O–H groups in total. The Bertz CT molecular complexity index is 1110. The maximum Gasteiger partial charge on any atom is 0.254 e. The van der Waals surface area contributed by atoms with Crippen molar-refractivity contribution < 1.29 is 9.53 Å². The minimum absolute atomic E-state index is 0.292.